The first kappa shape index (κ1) is 13.0. The average Bonchev–Trinajstić information content (AvgIpc) is 2.82. The number of aryl methyl sites for hydroxylation is 1. The van der Waals surface area contributed by atoms with Gasteiger partial charge in [-0.25, -0.2) is 4.98 Å². The number of nitrogens with one attached hydrogen (secondary N) is 1. The van der Waals surface area contributed by atoms with E-state index in [-0.39, 0.29) is 5.56 Å². The normalized spacial score (nSPS) is 16.6. The van der Waals surface area contributed by atoms with Gasteiger partial charge in [-0.1, -0.05) is 12.8 Å². The summed E-state index contributed by atoms with van der Waals surface area (Å²) in [6, 6.07) is 0.656. The van der Waals surface area contributed by atoms with Crippen LogP contribution in [0.2, 0.25) is 0 Å². The van der Waals surface area contributed by atoms with E-state index in [4.69, 9.17) is 0 Å². The van der Waals surface area contributed by atoms with E-state index in [0.717, 1.165) is 15.8 Å². The highest BCUT2D eigenvalue weighted by Crippen LogP contribution is 2.17. The van der Waals surface area contributed by atoms with Crippen molar-refractivity contribution in [3.63, 3.8) is 0 Å². The van der Waals surface area contributed by atoms with Gasteiger partial charge in [0, 0.05) is 19.1 Å². The van der Waals surface area contributed by atoms with Crippen LogP contribution in [0.4, 0.5) is 0 Å². The Kier molecular flexibility index (Phi) is 4.55. The van der Waals surface area contributed by atoms with Gasteiger partial charge >= 0.3 is 0 Å². The number of halogens is 1. The lowest BCUT2D eigenvalue weighted by atomic mass is 10.2. The highest BCUT2D eigenvalue weighted by Gasteiger charge is 2.13. The minimum absolute atomic E-state index is 0.0753. The predicted octanol–water partition coefficient (Wildman–Crippen LogP) is 1.69. The summed E-state index contributed by atoms with van der Waals surface area (Å²) >= 11 is 2.07. The van der Waals surface area contributed by atoms with Gasteiger partial charge in [0.05, 0.1) is 15.6 Å². The average molecular weight is 347 g/mol. The lowest BCUT2D eigenvalue weighted by Crippen LogP contribution is -2.33. The molecule has 1 N–H and O–H groups in total. The maximum absolute atomic E-state index is 11.9. The molecule has 0 radical (unpaired) electrons. The summed E-state index contributed by atoms with van der Waals surface area (Å²) in [5, 5.41) is 3.50. The Morgan fingerprint density at radius 2 is 2.24 bits per heavy atom. The minimum atomic E-state index is 0.0753. The van der Waals surface area contributed by atoms with Crippen LogP contribution in [-0.2, 0) is 6.54 Å². The zero-order valence-corrected chi connectivity index (χ0v) is 12.2. The first-order valence-electron chi connectivity index (χ1n) is 6.13. The maximum Gasteiger partial charge on any atom is 0.267 e. The fraction of sp³-hybridized carbons (Fsp3) is 0.667. The molecule has 1 saturated carbocycles. The van der Waals surface area contributed by atoms with Crippen LogP contribution in [0, 0.1) is 10.5 Å². The summed E-state index contributed by atoms with van der Waals surface area (Å²) in [5.41, 5.74) is 0.891. The molecule has 0 spiro atoms. The van der Waals surface area contributed by atoms with E-state index >= 15 is 0 Å². The molecule has 2 rings (SSSR count). The van der Waals surface area contributed by atoms with Gasteiger partial charge < -0.3 is 5.32 Å². The molecule has 0 aliphatic heterocycles. The number of aromatic nitrogens is 2. The molecule has 1 aromatic rings. The lowest BCUT2D eigenvalue weighted by Gasteiger charge is -2.12. The molecule has 1 aromatic heterocycles. The summed E-state index contributed by atoms with van der Waals surface area (Å²) in [6.07, 6.45) is 6.87. The summed E-state index contributed by atoms with van der Waals surface area (Å²) < 4.78 is 2.42. The Bertz CT molecular complexity index is 438. The smallest absolute Gasteiger partial charge is 0.267 e. The fourth-order valence-corrected chi connectivity index (χ4v) is 2.67. The SMILES string of the molecule is Cc1ncn(CCNC2CCCC2)c(=O)c1I. The van der Waals surface area contributed by atoms with Crippen LogP contribution in [0.15, 0.2) is 11.1 Å². The highest BCUT2D eigenvalue weighted by molar-refractivity contribution is 14.1. The molecule has 1 fully saturated rings. The number of hydrogen-bond donors (Lipinski definition) is 1. The molecule has 1 aliphatic rings. The molecule has 94 valence electrons. The molecule has 5 heteroatoms. The van der Waals surface area contributed by atoms with Gasteiger partial charge in [-0.3, -0.25) is 9.36 Å². The third-order valence-corrected chi connectivity index (χ3v) is 4.54. The molecular formula is C12H18IN3O. The van der Waals surface area contributed by atoms with Crippen LogP contribution in [0.25, 0.3) is 0 Å². The second-order valence-electron chi connectivity index (χ2n) is 4.58. The van der Waals surface area contributed by atoms with Gasteiger partial charge in [-0.2, -0.15) is 0 Å². The molecule has 1 aliphatic carbocycles. The summed E-state index contributed by atoms with van der Waals surface area (Å²) in [7, 11) is 0. The van der Waals surface area contributed by atoms with Crippen LogP contribution >= 0.6 is 22.6 Å². The molecule has 0 atom stereocenters. The Morgan fingerprint density at radius 3 is 2.94 bits per heavy atom. The lowest BCUT2D eigenvalue weighted by molar-refractivity contribution is 0.489. The Morgan fingerprint density at radius 1 is 1.53 bits per heavy atom. The van der Waals surface area contributed by atoms with Crippen LogP contribution in [0.5, 0.6) is 0 Å². The van der Waals surface area contributed by atoms with Gasteiger partial charge in [-0.15, -0.1) is 0 Å². The Hall–Kier alpha value is -0.430. The third kappa shape index (κ3) is 3.28. The van der Waals surface area contributed by atoms with Crippen LogP contribution in [0.3, 0.4) is 0 Å². The summed E-state index contributed by atoms with van der Waals surface area (Å²) in [4.78, 5) is 16.1. The molecule has 0 saturated heterocycles. The molecule has 4 nitrogen and oxygen atoms in total. The molecule has 0 unspecified atom stereocenters. The third-order valence-electron chi connectivity index (χ3n) is 3.30. The number of nitrogens with zero attached hydrogens (tertiary/aromatic N) is 2. The fourth-order valence-electron chi connectivity index (χ4n) is 2.22. The predicted molar refractivity (Wildman–Crippen MR) is 76.2 cm³/mol. The van der Waals surface area contributed by atoms with Crippen molar-refractivity contribution in [1.82, 2.24) is 14.9 Å². The monoisotopic (exact) mass is 347 g/mol. The van der Waals surface area contributed by atoms with Crippen molar-refractivity contribution >= 4 is 22.6 Å². The molecule has 0 amide bonds. The Balaban J connectivity index is 1.90. The van der Waals surface area contributed by atoms with Crippen LogP contribution in [-0.4, -0.2) is 22.1 Å². The highest BCUT2D eigenvalue weighted by atomic mass is 127. The summed E-state index contributed by atoms with van der Waals surface area (Å²) in [6.45, 7) is 3.42. The molecular weight excluding hydrogens is 329 g/mol. The van der Waals surface area contributed by atoms with Crippen molar-refractivity contribution < 1.29 is 0 Å². The van der Waals surface area contributed by atoms with Crippen molar-refractivity contribution in [3.8, 4) is 0 Å². The van der Waals surface area contributed by atoms with Crippen molar-refractivity contribution in [3.05, 3.63) is 25.9 Å². The first-order valence-corrected chi connectivity index (χ1v) is 7.21. The first-order chi connectivity index (χ1) is 8.18. The second kappa shape index (κ2) is 5.95. The zero-order chi connectivity index (χ0) is 12.3. The molecule has 0 aromatic carbocycles. The Labute approximate surface area is 115 Å². The van der Waals surface area contributed by atoms with E-state index in [1.165, 1.54) is 25.7 Å². The van der Waals surface area contributed by atoms with Crippen LogP contribution < -0.4 is 10.9 Å². The van der Waals surface area contributed by atoms with E-state index in [1.807, 2.05) is 6.92 Å². The van der Waals surface area contributed by atoms with E-state index in [2.05, 4.69) is 32.9 Å². The van der Waals surface area contributed by atoms with Crippen molar-refractivity contribution in [2.45, 2.75) is 45.2 Å². The van der Waals surface area contributed by atoms with E-state index in [9.17, 15) is 4.79 Å². The second-order valence-corrected chi connectivity index (χ2v) is 5.66. The number of rotatable bonds is 4. The van der Waals surface area contributed by atoms with Crippen molar-refractivity contribution in [1.29, 1.82) is 0 Å². The van der Waals surface area contributed by atoms with Crippen LogP contribution in [0.1, 0.15) is 31.4 Å². The van der Waals surface area contributed by atoms with Gasteiger partial charge in [0.25, 0.3) is 5.56 Å². The van der Waals surface area contributed by atoms with Gasteiger partial charge in [0.2, 0.25) is 0 Å². The van der Waals surface area contributed by atoms with Gasteiger partial charge in [0.15, 0.2) is 0 Å². The maximum atomic E-state index is 11.9. The summed E-state index contributed by atoms with van der Waals surface area (Å²) in [5.74, 6) is 0. The largest absolute Gasteiger partial charge is 0.312 e. The van der Waals surface area contributed by atoms with E-state index in [1.54, 1.807) is 10.9 Å². The molecule has 17 heavy (non-hydrogen) atoms. The van der Waals surface area contributed by atoms with Crippen molar-refractivity contribution in [2.24, 2.45) is 0 Å². The van der Waals surface area contributed by atoms with Gasteiger partial charge in [-0.05, 0) is 42.4 Å². The quantitative estimate of drug-likeness (QED) is 0.844. The molecule has 1 heterocycles. The molecule has 0 bridgehead atoms. The van der Waals surface area contributed by atoms with E-state index < -0.39 is 0 Å². The minimum Gasteiger partial charge on any atom is -0.312 e. The zero-order valence-electron chi connectivity index (χ0n) is 10.1. The van der Waals surface area contributed by atoms with E-state index in [0.29, 0.717) is 12.6 Å². The number of hydrogen-bond acceptors (Lipinski definition) is 3. The van der Waals surface area contributed by atoms with Crippen molar-refractivity contribution in [2.75, 3.05) is 6.54 Å². The van der Waals surface area contributed by atoms with Gasteiger partial charge in [0.1, 0.15) is 0 Å². The standard InChI is InChI=1S/C12H18IN3O/c1-9-11(13)12(17)16(8-15-9)7-6-14-10-4-2-3-5-10/h8,10,14H,2-7H2,1H3. The topological polar surface area (TPSA) is 46.9 Å².